The number of ether oxygens (including phenoxy) is 1. The molecule has 1 saturated heterocycles. The molecule has 0 spiro atoms. The lowest BCUT2D eigenvalue weighted by molar-refractivity contribution is 0.164. The van der Waals surface area contributed by atoms with E-state index in [2.05, 4.69) is 21.3 Å². The third-order valence-corrected chi connectivity index (χ3v) is 5.97. The number of thiocarbonyl (C=S) groups is 1. The normalized spacial score (nSPS) is 18.7. The number of nitrogens with one attached hydrogen (secondary N) is 1. The van der Waals surface area contributed by atoms with Gasteiger partial charge < -0.3 is 19.5 Å². The first-order chi connectivity index (χ1) is 14.5. The minimum Gasteiger partial charge on any atom is -0.383 e. The average molecular weight is 425 g/mol. The zero-order valence-corrected chi connectivity index (χ0v) is 18.1. The maximum absolute atomic E-state index is 14.6. The molecule has 1 aromatic carbocycles. The van der Waals surface area contributed by atoms with E-state index in [0.717, 1.165) is 22.6 Å². The number of aryl methyl sites for hydroxylation is 1. The lowest BCUT2D eigenvalue weighted by Gasteiger charge is -2.28. The molecule has 2 aromatic heterocycles. The van der Waals surface area contributed by atoms with Crippen molar-refractivity contribution in [2.75, 3.05) is 20.3 Å². The minimum absolute atomic E-state index is 0.0747. The van der Waals surface area contributed by atoms with E-state index in [9.17, 15) is 4.39 Å². The molecule has 156 valence electrons. The smallest absolute Gasteiger partial charge is 0.170 e. The third kappa shape index (κ3) is 3.59. The van der Waals surface area contributed by atoms with E-state index < -0.39 is 0 Å². The molecule has 1 fully saturated rings. The van der Waals surface area contributed by atoms with Crippen molar-refractivity contribution < 1.29 is 9.13 Å². The van der Waals surface area contributed by atoms with Crippen molar-refractivity contribution in [3.63, 3.8) is 0 Å². The summed E-state index contributed by atoms with van der Waals surface area (Å²) in [6.45, 7) is 5.23. The highest BCUT2D eigenvalue weighted by atomic mass is 32.1. The van der Waals surface area contributed by atoms with Gasteiger partial charge in [-0.25, -0.2) is 4.39 Å². The molecule has 1 N–H and O–H groups in total. The molecule has 3 heterocycles. The SMILES string of the molecule is COCCN1C(=S)N[C@H](c2ccccn2)[C@H]1c1cc(C)n(-c2ccccc2F)c1C. The second-order valence-corrected chi connectivity index (χ2v) is 7.81. The topological polar surface area (TPSA) is 42.3 Å². The summed E-state index contributed by atoms with van der Waals surface area (Å²) in [6.07, 6.45) is 1.79. The highest BCUT2D eigenvalue weighted by molar-refractivity contribution is 7.80. The van der Waals surface area contributed by atoms with Crippen molar-refractivity contribution >= 4 is 17.3 Å². The van der Waals surface area contributed by atoms with Crippen molar-refractivity contribution in [3.05, 3.63) is 83.2 Å². The van der Waals surface area contributed by atoms with Gasteiger partial charge in [-0.15, -0.1) is 0 Å². The van der Waals surface area contributed by atoms with Crippen LogP contribution in [0.2, 0.25) is 0 Å². The summed E-state index contributed by atoms with van der Waals surface area (Å²) < 4.78 is 21.9. The first-order valence-electron chi connectivity index (χ1n) is 9.93. The number of hydrogen-bond donors (Lipinski definition) is 1. The van der Waals surface area contributed by atoms with Gasteiger partial charge in [0.2, 0.25) is 0 Å². The second-order valence-electron chi connectivity index (χ2n) is 7.43. The molecule has 0 saturated carbocycles. The number of methoxy groups -OCH3 is 1. The van der Waals surface area contributed by atoms with E-state index >= 15 is 0 Å². The number of pyridine rings is 1. The lowest BCUT2D eigenvalue weighted by Crippen LogP contribution is -2.32. The molecule has 0 aliphatic carbocycles. The van der Waals surface area contributed by atoms with Crippen LogP contribution in [0.1, 0.15) is 34.7 Å². The molecule has 0 unspecified atom stereocenters. The Kier molecular flexibility index (Phi) is 5.83. The summed E-state index contributed by atoms with van der Waals surface area (Å²) in [5.41, 5.74) is 4.51. The fraction of sp³-hybridized carbons (Fsp3) is 0.304. The summed E-state index contributed by atoms with van der Waals surface area (Å²) in [7, 11) is 1.68. The molecule has 0 amide bonds. The summed E-state index contributed by atoms with van der Waals surface area (Å²) in [5.74, 6) is -0.247. The first-order valence-corrected chi connectivity index (χ1v) is 10.3. The van der Waals surface area contributed by atoms with E-state index in [0.29, 0.717) is 24.0 Å². The zero-order chi connectivity index (χ0) is 21.3. The number of aromatic nitrogens is 2. The molecule has 1 aliphatic rings. The quantitative estimate of drug-likeness (QED) is 0.600. The third-order valence-electron chi connectivity index (χ3n) is 5.62. The van der Waals surface area contributed by atoms with Gasteiger partial charge >= 0.3 is 0 Å². The lowest BCUT2D eigenvalue weighted by atomic mass is 9.97. The molecule has 1 aliphatic heterocycles. The fourth-order valence-corrected chi connectivity index (χ4v) is 4.60. The summed E-state index contributed by atoms with van der Waals surface area (Å²) in [6, 6.07) is 14.7. The molecule has 5 nitrogen and oxygen atoms in total. The standard InChI is InChI=1S/C23H25FN4OS/c1-15-14-17(16(2)28(15)20-10-5-4-8-18(20)24)22-21(19-9-6-7-11-25-19)26-23(30)27(22)12-13-29-3/h4-11,14,21-22H,12-13H2,1-3H3,(H,26,30)/t21-,22-/m1/s1. The maximum atomic E-state index is 14.6. The maximum Gasteiger partial charge on any atom is 0.170 e. The Balaban J connectivity index is 1.83. The van der Waals surface area contributed by atoms with Gasteiger partial charge in [-0.3, -0.25) is 4.98 Å². The Hall–Kier alpha value is -2.77. The molecule has 4 rings (SSSR count). The molecule has 7 heteroatoms. The monoisotopic (exact) mass is 424 g/mol. The molecule has 2 atom stereocenters. The van der Waals surface area contributed by atoms with E-state index in [1.807, 2.05) is 42.7 Å². The van der Waals surface area contributed by atoms with Gasteiger partial charge in [-0.1, -0.05) is 18.2 Å². The van der Waals surface area contributed by atoms with E-state index in [-0.39, 0.29) is 17.9 Å². The van der Waals surface area contributed by atoms with Crippen molar-refractivity contribution in [2.24, 2.45) is 0 Å². The molecule has 0 bridgehead atoms. The summed E-state index contributed by atoms with van der Waals surface area (Å²) >= 11 is 5.67. The largest absolute Gasteiger partial charge is 0.383 e. The number of para-hydroxylation sites is 1. The Morgan fingerprint density at radius 2 is 1.93 bits per heavy atom. The van der Waals surface area contributed by atoms with Gasteiger partial charge in [-0.05, 0) is 62.0 Å². The van der Waals surface area contributed by atoms with Gasteiger partial charge in [-0.2, -0.15) is 0 Å². The zero-order valence-electron chi connectivity index (χ0n) is 17.3. The van der Waals surface area contributed by atoms with Crippen LogP contribution in [0.25, 0.3) is 5.69 Å². The van der Waals surface area contributed by atoms with Crippen molar-refractivity contribution in [1.82, 2.24) is 19.8 Å². The van der Waals surface area contributed by atoms with Crippen molar-refractivity contribution in [3.8, 4) is 5.69 Å². The van der Waals surface area contributed by atoms with Crippen molar-refractivity contribution in [2.45, 2.75) is 25.9 Å². The van der Waals surface area contributed by atoms with Crippen LogP contribution < -0.4 is 5.32 Å². The van der Waals surface area contributed by atoms with Crippen LogP contribution >= 0.6 is 12.2 Å². The summed E-state index contributed by atoms with van der Waals surface area (Å²) in [4.78, 5) is 6.71. The van der Waals surface area contributed by atoms with Crippen molar-refractivity contribution in [1.29, 1.82) is 0 Å². The van der Waals surface area contributed by atoms with Crippen LogP contribution in [0.5, 0.6) is 0 Å². The highest BCUT2D eigenvalue weighted by Gasteiger charge is 2.41. The van der Waals surface area contributed by atoms with Gasteiger partial charge in [0.05, 0.1) is 30.1 Å². The van der Waals surface area contributed by atoms with Crippen LogP contribution in [-0.4, -0.2) is 39.8 Å². The predicted molar refractivity (Wildman–Crippen MR) is 119 cm³/mol. The van der Waals surface area contributed by atoms with Gasteiger partial charge in [0.25, 0.3) is 0 Å². The number of halogens is 1. The molecule has 0 radical (unpaired) electrons. The Labute approximate surface area is 181 Å². The van der Waals surface area contributed by atoms with Crippen LogP contribution in [-0.2, 0) is 4.74 Å². The fourth-order valence-electron chi connectivity index (χ4n) is 4.27. The van der Waals surface area contributed by atoms with Crippen LogP contribution in [0, 0.1) is 19.7 Å². The number of nitrogens with zero attached hydrogens (tertiary/aromatic N) is 3. The number of hydrogen-bond acceptors (Lipinski definition) is 3. The molecule has 3 aromatic rings. The second kappa shape index (κ2) is 8.53. The van der Waals surface area contributed by atoms with Crippen LogP contribution in [0.15, 0.2) is 54.7 Å². The number of rotatable bonds is 6. The van der Waals surface area contributed by atoms with E-state index in [1.54, 1.807) is 25.4 Å². The van der Waals surface area contributed by atoms with E-state index in [4.69, 9.17) is 17.0 Å². The first kappa shape index (κ1) is 20.5. The predicted octanol–water partition coefficient (Wildman–Crippen LogP) is 4.25. The Morgan fingerprint density at radius 3 is 2.63 bits per heavy atom. The summed E-state index contributed by atoms with van der Waals surface area (Å²) in [5, 5.41) is 4.11. The molecular formula is C23H25FN4OS. The van der Waals surface area contributed by atoms with Gasteiger partial charge in [0.15, 0.2) is 5.11 Å². The Bertz CT molecular complexity index is 1050. The van der Waals surface area contributed by atoms with Crippen LogP contribution in [0.3, 0.4) is 0 Å². The van der Waals surface area contributed by atoms with Crippen LogP contribution in [0.4, 0.5) is 4.39 Å². The molecule has 30 heavy (non-hydrogen) atoms. The number of benzene rings is 1. The average Bonchev–Trinajstić information content (AvgIpc) is 3.23. The van der Waals surface area contributed by atoms with Gasteiger partial charge in [0, 0.05) is 31.2 Å². The van der Waals surface area contributed by atoms with Gasteiger partial charge in [0.1, 0.15) is 5.82 Å². The Morgan fingerprint density at radius 1 is 1.17 bits per heavy atom. The molecular weight excluding hydrogens is 399 g/mol. The highest BCUT2D eigenvalue weighted by Crippen LogP contribution is 2.41. The minimum atomic E-state index is -0.247. The van der Waals surface area contributed by atoms with E-state index in [1.165, 1.54) is 6.07 Å².